The van der Waals surface area contributed by atoms with E-state index in [0.29, 0.717) is 11.4 Å². The first kappa shape index (κ1) is 35.9. The van der Waals surface area contributed by atoms with E-state index in [9.17, 15) is 5.26 Å². The van der Waals surface area contributed by atoms with Gasteiger partial charge < -0.3 is 0 Å². The highest BCUT2D eigenvalue weighted by Crippen LogP contribution is 2.57. The van der Waals surface area contributed by atoms with Crippen molar-refractivity contribution in [2.45, 2.75) is 5.41 Å². The molecule has 4 nitrogen and oxygen atoms in total. The lowest BCUT2D eigenvalue weighted by Gasteiger charge is -2.34. The highest BCUT2D eigenvalue weighted by atomic mass is 14.9. The molecule has 0 fully saturated rings. The van der Waals surface area contributed by atoms with Gasteiger partial charge in [-0.3, -0.25) is 4.98 Å². The first-order chi connectivity index (χ1) is 30.2. The largest absolute Gasteiger partial charge is 0.264 e. The summed E-state index contributed by atoms with van der Waals surface area (Å²) in [5.41, 5.74) is 15.9. The van der Waals surface area contributed by atoms with Gasteiger partial charge >= 0.3 is 0 Å². The van der Waals surface area contributed by atoms with Crippen LogP contribution in [0, 0.1) is 11.3 Å². The Bertz CT molecular complexity index is 3230. The molecule has 1 aliphatic carbocycles. The van der Waals surface area contributed by atoms with Crippen LogP contribution in [0.15, 0.2) is 219 Å². The molecule has 0 spiro atoms. The van der Waals surface area contributed by atoms with Crippen LogP contribution in [-0.4, -0.2) is 15.0 Å². The van der Waals surface area contributed by atoms with E-state index in [0.717, 1.165) is 55.9 Å². The summed E-state index contributed by atoms with van der Waals surface area (Å²) in [7, 11) is 0. The van der Waals surface area contributed by atoms with E-state index in [1.807, 2.05) is 67.0 Å². The quantitative estimate of drug-likeness (QED) is 0.162. The van der Waals surface area contributed by atoms with Gasteiger partial charge in [0.05, 0.1) is 28.4 Å². The third kappa shape index (κ3) is 6.20. The molecule has 11 rings (SSSR count). The van der Waals surface area contributed by atoms with Crippen LogP contribution in [0.2, 0.25) is 0 Å². The Balaban J connectivity index is 1.17. The van der Waals surface area contributed by atoms with Crippen molar-refractivity contribution in [3.05, 3.63) is 246 Å². The molecule has 1 aliphatic rings. The van der Waals surface area contributed by atoms with E-state index in [-0.39, 0.29) is 0 Å². The van der Waals surface area contributed by atoms with Crippen molar-refractivity contribution >= 4 is 10.8 Å². The van der Waals surface area contributed by atoms with Crippen molar-refractivity contribution in [3.8, 4) is 73.4 Å². The van der Waals surface area contributed by atoms with Crippen LogP contribution in [0.3, 0.4) is 0 Å². The van der Waals surface area contributed by atoms with Crippen molar-refractivity contribution in [3.63, 3.8) is 0 Å². The monoisotopic (exact) mass is 776 g/mol. The van der Waals surface area contributed by atoms with Gasteiger partial charge in [0, 0.05) is 34.6 Å². The van der Waals surface area contributed by atoms with Crippen molar-refractivity contribution in [1.82, 2.24) is 15.0 Å². The summed E-state index contributed by atoms with van der Waals surface area (Å²) in [6, 6.07) is 75.0. The first-order valence-electron chi connectivity index (χ1n) is 20.5. The number of benzene rings is 8. The molecule has 0 saturated carbocycles. The van der Waals surface area contributed by atoms with Gasteiger partial charge in [0.2, 0.25) is 0 Å². The number of rotatable bonds is 7. The average Bonchev–Trinajstić information content (AvgIpc) is 3.63. The molecule has 1 unspecified atom stereocenters. The Kier molecular flexibility index (Phi) is 8.73. The van der Waals surface area contributed by atoms with Crippen LogP contribution in [0.1, 0.15) is 27.8 Å². The summed E-state index contributed by atoms with van der Waals surface area (Å²) >= 11 is 0. The van der Waals surface area contributed by atoms with Crippen molar-refractivity contribution in [1.29, 1.82) is 5.26 Å². The molecule has 0 aliphatic heterocycles. The summed E-state index contributed by atoms with van der Waals surface area (Å²) in [5, 5.41) is 12.2. The van der Waals surface area contributed by atoms with Gasteiger partial charge in [-0.05, 0) is 122 Å². The molecule has 61 heavy (non-hydrogen) atoms. The Morgan fingerprint density at radius 3 is 1.66 bits per heavy atom. The lowest BCUT2D eigenvalue weighted by molar-refractivity contribution is 0.769. The molecule has 0 radical (unpaired) electrons. The minimum atomic E-state index is -0.661. The fourth-order valence-electron chi connectivity index (χ4n) is 9.17. The number of nitriles is 1. The smallest absolute Gasteiger partial charge is 0.160 e. The Morgan fingerprint density at radius 2 is 0.967 bits per heavy atom. The van der Waals surface area contributed by atoms with E-state index >= 15 is 0 Å². The van der Waals surface area contributed by atoms with Gasteiger partial charge in [0.15, 0.2) is 5.82 Å². The van der Waals surface area contributed by atoms with Crippen LogP contribution < -0.4 is 0 Å². The van der Waals surface area contributed by atoms with Crippen LogP contribution in [0.25, 0.3) is 78.1 Å². The fraction of sp³-hybridized carbons (Fsp3) is 0.0175. The zero-order valence-electron chi connectivity index (χ0n) is 33.1. The van der Waals surface area contributed by atoms with Crippen LogP contribution in [0.5, 0.6) is 0 Å². The molecule has 0 amide bonds. The minimum Gasteiger partial charge on any atom is -0.264 e. The predicted octanol–water partition coefficient (Wildman–Crippen LogP) is 13.6. The number of fused-ring (bicyclic) bond motifs is 4. The van der Waals surface area contributed by atoms with Gasteiger partial charge in [-0.1, -0.05) is 146 Å². The Hall–Kier alpha value is -8.26. The molecular formula is C57H36N4. The number of hydrogen-bond acceptors (Lipinski definition) is 4. The topological polar surface area (TPSA) is 62.5 Å². The second-order valence-corrected chi connectivity index (χ2v) is 15.5. The van der Waals surface area contributed by atoms with E-state index in [4.69, 9.17) is 9.97 Å². The maximum Gasteiger partial charge on any atom is 0.160 e. The maximum absolute atomic E-state index is 9.87. The lowest BCUT2D eigenvalue weighted by Crippen LogP contribution is -2.28. The van der Waals surface area contributed by atoms with Crippen molar-refractivity contribution in [2.75, 3.05) is 0 Å². The molecule has 1 atom stereocenters. The van der Waals surface area contributed by atoms with Gasteiger partial charge in [-0.15, -0.1) is 0 Å². The third-order valence-electron chi connectivity index (χ3n) is 12.0. The van der Waals surface area contributed by atoms with E-state index < -0.39 is 5.41 Å². The van der Waals surface area contributed by atoms with Gasteiger partial charge in [0.1, 0.15) is 0 Å². The minimum absolute atomic E-state index is 0.632. The molecule has 0 bridgehead atoms. The summed E-state index contributed by atoms with van der Waals surface area (Å²) in [6.45, 7) is 0. The van der Waals surface area contributed by atoms with Gasteiger partial charge in [-0.2, -0.15) is 5.26 Å². The highest BCUT2D eigenvalue weighted by Gasteiger charge is 2.46. The van der Waals surface area contributed by atoms with Crippen LogP contribution >= 0.6 is 0 Å². The molecule has 2 aromatic heterocycles. The highest BCUT2D eigenvalue weighted by molar-refractivity contribution is 5.97. The zero-order chi connectivity index (χ0) is 40.8. The molecule has 2 heterocycles. The van der Waals surface area contributed by atoms with E-state index in [1.165, 1.54) is 38.6 Å². The van der Waals surface area contributed by atoms with E-state index in [2.05, 4.69) is 163 Å². The molecule has 4 heteroatoms. The predicted molar refractivity (Wildman–Crippen MR) is 247 cm³/mol. The number of aromatic nitrogens is 3. The second kappa shape index (κ2) is 14.8. The Labute approximate surface area is 354 Å². The summed E-state index contributed by atoms with van der Waals surface area (Å²) in [5.74, 6) is 0.669. The first-order valence-corrected chi connectivity index (χ1v) is 20.5. The molecule has 10 aromatic rings. The number of pyridine rings is 1. The molecular weight excluding hydrogens is 741 g/mol. The third-order valence-corrected chi connectivity index (χ3v) is 12.0. The summed E-state index contributed by atoms with van der Waals surface area (Å²) in [4.78, 5) is 14.9. The SMILES string of the molecule is N#Cc1ccc(C2(c3ccccc3)c3cc(-c4cc(-c5cccnc5)cc(-c5cc(-c6ccccc6)nc(-c6ccccc6)n5)c4)ccc3-c3cc4ccccc4cc32)cc1. The number of hydrogen-bond donors (Lipinski definition) is 0. The molecule has 0 N–H and O–H groups in total. The number of nitrogens with zero attached hydrogens (tertiary/aromatic N) is 4. The molecule has 8 aromatic carbocycles. The summed E-state index contributed by atoms with van der Waals surface area (Å²) < 4.78 is 0. The van der Waals surface area contributed by atoms with Crippen LogP contribution in [-0.2, 0) is 5.41 Å². The molecule has 0 saturated heterocycles. The zero-order valence-corrected chi connectivity index (χ0v) is 33.1. The maximum atomic E-state index is 9.87. The normalized spacial score (nSPS) is 14.0. The molecule has 284 valence electrons. The fourth-order valence-corrected chi connectivity index (χ4v) is 9.17. The second-order valence-electron chi connectivity index (χ2n) is 15.5. The standard InChI is InChI=1S/C57H36N4/c58-36-38-22-25-49(26-23-38)57(48-20-8-3-9-21-48)52-34-43(24-27-50(52)51-32-41-17-10-11-18-42(41)33-53(51)57)45-29-46(44-19-12-28-59-37-44)31-47(30-45)55-35-54(39-13-4-1-5-14-39)60-56(61-55)40-15-6-2-7-16-40/h1-35,37H. The summed E-state index contributed by atoms with van der Waals surface area (Å²) in [6.07, 6.45) is 3.73. The van der Waals surface area contributed by atoms with Crippen LogP contribution in [0.4, 0.5) is 0 Å². The van der Waals surface area contributed by atoms with E-state index in [1.54, 1.807) is 0 Å². The Morgan fingerprint density at radius 1 is 0.393 bits per heavy atom. The van der Waals surface area contributed by atoms with Gasteiger partial charge in [-0.25, -0.2) is 9.97 Å². The lowest BCUT2D eigenvalue weighted by atomic mass is 9.67. The average molecular weight is 777 g/mol. The van der Waals surface area contributed by atoms with Crippen molar-refractivity contribution < 1.29 is 0 Å². The van der Waals surface area contributed by atoms with Gasteiger partial charge in [0.25, 0.3) is 0 Å². The van der Waals surface area contributed by atoms with Crippen molar-refractivity contribution in [2.24, 2.45) is 0 Å².